The van der Waals surface area contributed by atoms with Gasteiger partial charge in [-0.2, -0.15) is 10.4 Å². The number of likely N-dealkylation sites (tertiary alicyclic amines) is 2. The van der Waals surface area contributed by atoms with Crippen LogP contribution in [0.15, 0.2) is 42.7 Å². The molecule has 2 fully saturated rings. The van der Waals surface area contributed by atoms with E-state index >= 15 is 0 Å². The fourth-order valence-corrected chi connectivity index (χ4v) is 4.62. The van der Waals surface area contributed by atoms with Crippen LogP contribution in [0.2, 0.25) is 0 Å². The van der Waals surface area contributed by atoms with E-state index in [4.69, 9.17) is 5.26 Å². The summed E-state index contributed by atoms with van der Waals surface area (Å²) in [4.78, 5) is 5.14. The van der Waals surface area contributed by atoms with Gasteiger partial charge in [-0.25, -0.2) is 0 Å². The summed E-state index contributed by atoms with van der Waals surface area (Å²) in [5, 5.41) is 13.5. The standard InChI is InChI=1S/C20H25N5/c1-23-19(15-25-8-3-7-22-25)11-18-14-24(9-6-20(18)23)13-17-5-2-4-16(10-17)12-21/h2-5,7-8,10,18-20H,6,9,11,13-15H2,1H3/t18-,19+,20+/m1/s1. The average molecular weight is 335 g/mol. The normalized spacial score (nSPS) is 27.1. The minimum absolute atomic E-state index is 0.580. The Morgan fingerprint density at radius 2 is 2.24 bits per heavy atom. The van der Waals surface area contributed by atoms with Crippen molar-refractivity contribution in [2.24, 2.45) is 5.92 Å². The second-order valence-electron chi connectivity index (χ2n) is 7.45. The third-order valence-corrected chi connectivity index (χ3v) is 5.87. The molecule has 2 aromatic rings. The summed E-state index contributed by atoms with van der Waals surface area (Å²) in [7, 11) is 2.28. The molecule has 25 heavy (non-hydrogen) atoms. The third kappa shape index (κ3) is 3.46. The van der Waals surface area contributed by atoms with Gasteiger partial charge in [0.15, 0.2) is 0 Å². The number of fused-ring (bicyclic) bond motifs is 1. The van der Waals surface area contributed by atoms with Crippen molar-refractivity contribution < 1.29 is 0 Å². The van der Waals surface area contributed by atoms with Crippen molar-refractivity contribution in [2.45, 2.75) is 38.0 Å². The Morgan fingerprint density at radius 1 is 1.32 bits per heavy atom. The highest BCUT2D eigenvalue weighted by atomic mass is 15.3. The van der Waals surface area contributed by atoms with E-state index in [1.807, 2.05) is 30.5 Å². The number of nitrogens with zero attached hydrogens (tertiary/aromatic N) is 5. The topological polar surface area (TPSA) is 48.1 Å². The van der Waals surface area contributed by atoms with Crippen molar-refractivity contribution in [3.05, 3.63) is 53.9 Å². The zero-order chi connectivity index (χ0) is 17.2. The lowest BCUT2D eigenvalue weighted by molar-refractivity contribution is 0.109. The molecule has 0 aliphatic carbocycles. The lowest BCUT2D eigenvalue weighted by atomic mass is 9.92. The average Bonchev–Trinajstić information content (AvgIpc) is 3.24. The lowest BCUT2D eigenvalue weighted by Gasteiger charge is -2.37. The van der Waals surface area contributed by atoms with Crippen LogP contribution >= 0.6 is 0 Å². The summed E-state index contributed by atoms with van der Waals surface area (Å²) >= 11 is 0. The molecule has 0 unspecified atom stereocenters. The van der Waals surface area contributed by atoms with E-state index in [-0.39, 0.29) is 0 Å². The Bertz CT molecular complexity index is 748. The minimum atomic E-state index is 0.580. The van der Waals surface area contributed by atoms with Gasteiger partial charge in [0.05, 0.1) is 18.2 Å². The molecule has 2 saturated heterocycles. The second kappa shape index (κ2) is 6.99. The maximum Gasteiger partial charge on any atom is 0.0991 e. The highest BCUT2D eigenvalue weighted by molar-refractivity contribution is 5.32. The molecule has 2 aliphatic rings. The van der Waals surface area contributed by atoms with Gasteiger partial charge in [0, 0.05) is 37.6 Å². The molecular weight excluding hydrogens is 310 g/mol. The number of rotatable bonds is 4. The number of nitriles is 1. The Balaban J connectivity index is 1.38. The molecule has 3 heterocycles. The predicted molar refractivity (Wildman–Crippen MR) is 96.7 cm³/mol. The van der Waals surface area contributed by atoms with Gasteiger partial charge in [0.25, 0.3) is 0 Å². The minimum Gasteiger partial charge on any atom is -0.299 e. The smallest absolute Gasteiger partial charge is 0.0991 e. The molecule has 0 spiro atoms. The molecule has 2 aliphatic heterocycles. The molecule has 3 atom stereocenters. The quantitative estimate of drug-likeness (QED) is 0.860. The first-order valence-electron chi connectivity index (χ1n) is 9.13. The fraction of sp³-hybridized carbons (Fsp3) is 0.500. The van der Waals surface area contributed by atoms with Crippen molar-refractivity contribution in [3.8, 4) is 6.07 Å². The van der Waals surface area contributed by atoms with Crippen LogP contribution in [0.1, 0.15) is 24.0 Å². The van der Waals surface area contributed by atoms with Crippen LogP contribution in [0.5, 0.6) is 0 Å². The Kier molecular flexibility index (Phi) is 4.56. The van der Waals surface area contributed by atoms with Gasteiger partial charge in [-0.1, -0.05) is 12.1 Å². The van der Waals surface area contributed by atoms with E-state index in [1.165, 1.54) is 18.4 Å². The summed E-state index contributed by atoms with van der Waals surface area (Å²) in [6.45, 7) is 4.23. The molecule has 5 nitrogen and oxygen atoms in total. The van der Waals surface area contributed by atoms with E-state index in [0.29, 0.717) is 12.1 Å². The molecule has 130 valence electrons. The van der Waals surface area contributed by atoms with E-state index in [2.05, 4.69) is 45.0 Å². The van der Waals surface area contributed by atoms with Gasteiger partial charge in [-0.15, -0.1) is 0 Å². The predicted octanol–water partition coefficient (Wildman–Crippen LogP) is 2.35. The zero-order valence-electron chi connectivity index (χ0n) is 14.8. The second-order valence-corrected chi connectivity index (χ2v) is 7.45. The summed E-state index contributed by atoms with van der Waals surface area (Å²) in [5.41, 5.74) is 2.00. The molecule has 1 aromatic heterocycles. The number of hydrogen-bond acceptors (Lipinski definition) is 4. The third-order valence-electron chi connectivity index (χ3n) is 5.87. The largest absolute Gasteiger partial charge is 0.299 e. The van der Waals surface area contributed by atoms with Crippen molar-refractivity contribution in [3.63, 3.8) is 0 Å². The number of piperidine rings is 1. The zero-order valence-corrected chi connectivity index (χ0v) is 14.8. The molecule has 1 aromatic carbocycles. The number of benzene rings is 1. The molecule has 0 N–H and O–H groups in total. The first-order chi connectivity index (χ1) is 12.2. The molecule has 5 heteroatoms. The summed E-state index contributed by atoms with van der Waals surface area (Å²) < 4.78 is 2.06. The van der Waals surface area contributed by atoms with Crippen molar-refractivity contribution in [2.75, 3.05) is 20.1 Å². The van der Waals surface area contributed by atoms with Crippen LogP contribution < -0.4 is 0 Å². The summed E-state index contributed by atoms with van der Waals surface area (Å²) in [6.07, 6.45) is 6.40. The van der Waals surface area contributed by atoms with Crippen molar-refractivity contribution in [1.82, 2.24) is 19.6 Å². The van der Waals surface area contributed by atoms with Crippen LogP contribution in [0.4, 0.5) is 0 Å². The van der Waals surface area contributed by atoms with Gasteiger partial charge < -0.3 is 0 Å². The Morgan fingerprint density at radius 3 is 3.04 bits per heavy atom. The van der Waals surface area contributed by atoms with E-state index in [1.54, 1.807) is 0 Å². The lowest BCUT2D eigenvalue weighted by Crippen LogP contribution is -2.45. The van der Waals surface area contributed by atoms with E-state index in [0.717, 1.165) is 37.7 Å². The van der Waals surface area contributed by atoms with Gasteiger partial charge in [0.1, 0.15) is 0 Å². The number of hydrogen-bond donors (Lipinski definition) is 0. The van der Waals surface area contributed by atoms with Crippen LogP contribution in [0.25, 0.3) is 0 Å². The summed E-state index contributed by atoms with van der Waals surface area (Å²) in [6, 6.07) is 13.5. The molecular formula is C20H25N5. The van der Waals surface area contributed by atoms with Gasteiger partial charge in [-0.3, -0.25) is 14.5 Å². The van der Waals surface area contributed by atoms with Crippen LogP contribution in [0, 0.1) is 17.2 Å². The first kappa shape index (κ1) is 16.3. The maximum absolute atomic E-state index is 9.08. The van der Waals surface area contributed by atoms with Crippen LogP contribution in [-0.2, 0) is 13.1 Å². The Labute approximate surface area is 149 Å². The van der Waals surface area contributed by atoms with E-state index in [9.17, 15) is 0 Å². The monoisotopic (exact) mass is 335 g/mol. The molecule has 0 bridgehead atoms. The molecule has 0 radical (unpaired) electrons. The fourth-order valence-electron chi connectivity index (χ4n) is 4.62. The molecule has 0 saturated carbocycles. The molecule has 4 rings (SSSR count). The van der Waals surface area contributed by atoms with Gasteiger partial charge in [0.2, 0.25) is 0 Å². The van der Waals surface area contributed by atoms with Crippen LogP contribution in [-0.4, -0.2) is 51.8 Å². The highest BCUT2D eigenvalue weighted by Crippen LogP contribution is 2.35. The van der Waals surface area contributed by atoms with Crippen LogP contribution in [0.3, 0.4) is 0 Å². The number of aromatic nitrogens is 2. The highest BCUT2D eigenvalue weighted by Gasteiger charge is 2.41. The van der Waals surface area contributed by atoms with Crippen molar-refractivity contribution >= 4 is 0 Å². The number of likely N-dealkylation sites (N-methyl/N-ethyl adjacent to an activating group) is 1. The van der Waals surface area contributed by atoms with Crippen molar-refractivity contribution in [1.29, 1.82) is 5.26 Å². The van der Waals surface area contributed by atoms with Gasteiger partial charge in [-0.05, 0) is 56.1 Å². The maximum atomic E-state index is 9.08. The SMILES string of the molecule is CN1[C@H](Cn2cccn2)C[C@@H]2CN(Cc3cccc(C#N)c3)CC[C@@H]21. The summed E-state index contributed by atoms with van der Waals surface area (Å²) in [5.74, 6) is 0.735. The van der Waals surface area contributed by atoms with E-state index < -0.39 is 0 Å². The van der Waals surface area contributed by atoms with Gasteiger partial charge >= 0.3 is 0 Å². The Hall–Kier alpha value is -2.16. The first-order valence-corrected chi connectivity index (χ1v) is 9.13. The molecule has 0 amide bonds.